The number of nitrogens with one attached hydrogen (secondary N) is 3. The van der Waals surface area contributed by atoms with Gasteiger partial charge < -0.3 is 15.8 Å². The van der Waals surface area contributed by atoms with Crippen LogP contribution in [0.25, 0.3) is 0 Å². The van der Waals surface area contributed by atoms with Gasteiger partial charge in [0.2, 0.25) is 0 Å². The summed E-state index contributed by atoms with van der Waals surface area (Å²) in [4.78, 5) is 36.8. The van der Waals surface area contributed by atoms with Gasteiger partial charge in [-0.2, -0.15) is 0 Å². The topological polar surface area (TPSA) is 123 Å². The summed E-state index contributed by atoms with van der Waals surface area (Å²) in [5.74, 6) is -1.18. The van der Waals surface area contributed by atoms with Gasteiger partial charge in [-0.05, 0) is 17.0 Å². The second-order valence-electron chi connectivity index (χ2n) is 7.20. The Bertz CT molecular complexity index is 828. The fourth-order valence-corrected chi connectivity index (χ4v) is 2.56. The number of hydrazine groups is 1. The van der Waals surface area contributed by atoms with E-state index in [9.17, 15) is 14.4 Å². The van der Waals surface area contributed by atoms with Crippen LogP contribution in [0.2, 0.25) is 0 Å². The van der Waals surface area contributed by atoms with E-state index >= 15 is 0 Å². The summed E-state index contributed by atoms with van der Waals surface area (Å²) in [5, 5.41) is 2.56. The average Bonchev–Trinajstić information content (AvgIpc) is 2.76. The molecule has 0 aliphatic carbocycles. The monoisotopic (exact) mass is 412 g/mol. The second kappa shape index (κ2) is 11.6. The van der Waals surface area contributed by atoms with Crippen molar-refractivity contribution in [1.82, 2.24) is 16.2 Å². The third-order valence-electron chi connectivity index (χ3n) is 4.43. The van der Waals surface area contributed by atoms with Gasteiger partial charge in [-0.1, -0.05) is 74.5 Å². The second-order valence-corrected chi connectivity index (χ2v) is 7.20. The van der Waals surface area contributed by atoms with Crippen molar-refractivity contribution in [2.75, 3.05) is 0 Å². The molecule has 0 aliphatic heterocycles. The zero-order chi connectivity index (χ0) is 21.9. The predicted octanol–water partition coefficient (Wildman–Crippen LogP) is 1.65. The number of carbonyl (C=O) groups excluding carboxylic acids is 3. The maximum Gasteiger partial charge on any atom is 0.408 e. The molecule has 2 aromatic rings. The number of hydrogen-bond acceptors (Lipinski definition) is 5. The van der Waals surface area contributed by atoms with Crippen LogP contribution in [0.5, 0.6) is 0 Å². The van der Waals surface area contributed by atoms with E-state index in [2.05, 4.69) is 16.2 Å². The molecule has 0 radical (unpaired) electrons. The van der Waals surface area contributed by atoms with Crippen molar-refractivity contribution < 1.29 is 19.1 Å². The van der Waals surface area contributed by atoms with Crippen LogP contribution in [-0.2, 0) is 27.4 Å². The summed E-state index contributed by atoms with van der Waals surface area (Å²) in [5.41, 5.74) is 12.1. The van der Waals surface area contributed by atoms with E-state index in [1.165, 1.54) is 0 Å². The Kier molecular flexibility index (Phi) is 8.83. The minimum atomic E-state index is -0.953. The first-order chi connectivity index (χ1) is 14.4. The van der Waals surface area contributed by atoms with Crippen molar-refractivity contribution in [1.29, 1.82) is 0 Å². The first-order valence-electron chi connectivity index (χ1n) is 9.73. The highest BCUT2D eigenvalue weighted by Crippen LogP contribution is 2.05. The third-order valence-corrected chi connectivity index (χ3v) is 4.43. The summed E-state index contributed by atoms with van der Waals surface area (Å²) in [6, 6.07) is 16.7. The molecule has 30 heavy (non-hydrogen) atoms. The standard InChI is InChI=1S/C22H28N4O4/c1-15(2)19(23)21(28)26-25-20(27)18(13-16-9-5-3-6-10-16)24-22(29)30-14-17-11-7-4-8-12-17/h3-12,15,18-19H,13-14,23H2,1-2H3,(H,24,29)(H,25,27)(H,26,28). The predicted molar refractivity (Wildman–Crippen MR) is 113 cm³/mol. The Balaban J connectivity index is 1.97. The highest BCUT2D eigenvalue weighted by Gasteiger charge is 2.24. The highest BCUT2D eigenvalue weighted by molar-refractivity contribution is 5.89. The first-order valence-corrected chi connectivity index (χ1v) is 9.73. The van der Waals surface area contributed by atoms with Crippen LogP contribution in [0.4, 0.5) is 4.79 Å². The SMILES string of the molecule is CC(C)C(N)C(=O)NNC(=O)C(Cc1ccccc1)NC(=O)OCc1ccccc1. The lowest BCUT2D eigenvalue weighted by atomic mass is 10.1. The van der Waals surface area contributed by atoms with Gasteiger partial charge in [-0.15, -0.1) is 0 Å². The molecular formula is C22H28N4O4. The molecule has 0 heterocycles. The molecule has 2 unspecified atom stereocenters. The molecule has 2 atom stereocenters. The number of alkyl carbamates (subject to hydrolysis) is 1. The molecule has 160 valence electrons. The molecule has 0 saturated heterocycles. The van der Waals surface area contributed by atoms with E-state index in [0.717, 1.165) is 11.1 Å². The summed E-state index contributed by atoms with van der Waals surface area (Å²) in [7, 11) is 0. The van der Waals surface area contributed by atoms with Gasteiger partial charge >= 0.3 is 6.09 Å². The van der Waals surface area contributed by atoms with Crippen molar-refractivity contribution in [3.8, 4) is 0 Å². The molecule has 2 aromatic carbocycles. The summed E-state index contributed by atoms with van der Waals surface area (Å²) < 4.78 is 5.20. The van der Waals surface area contributed by atoms with Crippen LogP contribution in [0.15, 0.2) is 60.7 Å². The number of amides is 3. The van der Waals surface area contributed by atoms with E-state index in [1.807, 2.05) is 60.7 Å². The van der Waals surface area contributed by atoms with Crippen LogP contribution >= 0.6 is 0 Å². The zero-order valence-electron chi connectivity index (χ0n) is 17.1. The van der Waals surface area contributed by atoms with E-state index in [1.54, 1.807) is 13.8 Å². The molecule has 0 bridgehead atoms. The Morgan fingerprint density at radius 3 is 1.97 bits per heavy atom. The maximum atomic E-state index is 12.6. The number of carbonyl (C=O) groups is 3. The van der Waals surface area contributed by atoms with Gasteiger partial charge in [0, 0.05) is 6.42 Å². The van der Waals surface area contributed by atoms with Crippen LogP contribution in [-0.4, -0.2) is 30.0 Å². The smallest absolute Gasteiger partial charge is 0.408 e. The lowest BCUT2D eigenvalue weighted by Crippen LogP contribution is -2.56. The fraction of sp³-hybridized carbons (Fsp3) is 0.318. The number of benzene rings is 2. The van der Waals surface area contributed by atoms with Crippen LogP contribution in [0, 0.1) is 5.92 Å². The van der Waals surface area contributed by atoms with Gasteiger partial charge in [0.15, 0.2) is 0 Å². The Hall–Kier alpha value is -3.39. The zero-order valence-corrected chi connectivity index (χ0v) is 17.1. The lowest BCUT2D eigenvalue weighted by Gasteiger charge is -2.20. The molecule has 3 amide bonds. The average molecular weight is 412 g/mol. The van der Waals surface area contributed by atoms with E-state index < -0.39 is 30.0 Å². The molecular weight excluding hydrogens is 384 g/mol. The quantitative estimate of drug-likeness (QED) is 0.491. The molecule has 0 aliphatic rings. The third kappa shape index (κ3) is 7.56. The molecule has 8 nitrogen and oxygen atoms in total. The Labute approximate surface area is 176 Å². The van der Waals surface area contributed by atoms with Gasteiger partial charge in [0.1, 0.15) is 12.6 Å². The minimum Gasteiger partial charge on any atom is -0.445 e. The summed E-state index contributed by atoms with van der Waals surface area (Å²) in [6.07, 6.45) is -0.515. The lowest BCUT2D eigenvalue weighted by molar-refractivity contribution is -0.131. The molecule has 0 saturated carbocycles. The number of hydrogen-bond donors (Lipinski definition) is 4. The normalized spacial score (nSPS) is 12.5. The molecule has 8 heteroatoms. The van der Waals surface area contributed by atoms with E-state index in [-0.39, 0.29) is 18.9 Å². The van der Waals surface area contributed by atoms with Crippen molar-refractivity contribution in [3.05, 3.63) is 71.8 Å². The Morgan fingerprint density at radius 1 is 0.867 bits per heavy atom. The van der Waals surface area contributed by atoms with Gasteiger partial charge in [0.05, 0.1) is 6.04 Å². The fourth-order valence-electron chi connectivity index (χ4n) is 2.56. The number of nitrogens with two attached hydrogens (primary N) is 1. The van der Waals surface area contributed by atoms with Crippen LogP contribution < -0.4 is 21.9 Å². The summed E-state index contributed by atoms with van der Waals surface area (Å²) in [6.45, 7) is 3.68. The molecule has 0 aromatic heterocycles. The van der Waals surface area contributed by atoms with Crippen LogP contribution in [0.3, 0.4) is 0 Å². The minimum absolute atomic E-state index is 0.0757. The number of ether oxygens (including phenoxy) is 1. The highest BCUT2D eigenvalue weighted by atomic mass is 16.5. The Morgan fingerprint density at radius 2 is 1.40 bits per heavy atom. The van der Waals surface area contributed by atoms with Gasteiger partial charge in [0.25, 0.3) is 11.8 Å². The number of rotatable bonds is 8. The van der Waals surface area contributed by atoms with Crippen molar-refractivity contribution in [2.45, 2.75) is 39.0 Å². The first kappa shape index (κ1) is 22.9. The largest absolute Gasteiger partial charge is 0.445 e. The van der Waals surface area contributed by atoms with Crippen molar-refractivity contribution in [3.63, 3.8) is 0 Å². The molecule has 2 rings (SSSR count). The van der Waals surface area contributed by atoms with E-state index in [0.29, 0.717) is 0 Å². The molecule has 0 spiro atoms. The maximum absolute atomic E-state index is 12.6. The van der Waals surface area contributed by atoms with Gasteiger partial charge in [-0.25, -0.2) is 4.79 Å². The van der Waals surface area contributed by atoms with Crippen molar-refractivity contribution >= 4 is 17.9 Å². The molecule has 0 fully saturated rings. The van der Waals surface area contributed by atoms with Crippen molar-refractivity contribution in [2.24, 2.45) is 11.7 Å². The van der Waals surface area contributed by atoms with E-state index in [4.69, 9.17) is 10.5 Å². The van der Waals surface area contributed by atoms with Crippen LogP contribution in [0.1, 0.15) is 25.0 Å². The van der Waals surface area contributed by atoms with Gasteiger partial charge in [-0.3, -0.25) is 20.4 Å². The summed E-state index contributed by atoms with van der Waals surface area (Å²) >= 11 is 0. The molecule has 5 N–H and O–H groups in total.